The quantitative estimate of drug-likeness (QED) is 0.720. The number of hydrogen-bond donors (Lipinski definition) is 1. The molecule has 116 valence electrons. The SMILES string of the molecule is CCN(CC)CCNCCn1ccc2c(OC)cccc21. The number of benzene rings is 1. The maximum absolute atomic E-state index is 5.40. The Morgan fingerprint density at radius 3 is 2.67 bits per heavy atom. The lowest BCUT2D eigenvalue weighted by atomic mass is 10.2. The fraction of sp³-hybridized carbons (Fsp3) is 0.529. The molecule has 21 heavy (non-hydrogen) atoms. The number of aromatic nitrogens is 1. The second kappa shape index (κ2) is 8.05. The first kappa shape index (κ1) is 15.9. The summed E-state index contributed by atoms with van der Waals surface area (Å²) in [6.45, 7) is 10.8. The summed E-state index contributed by atoms with van der Waals surface area (Å²) >= 11 is 0. The summed E-state index contributed by atoms with van der Waals surface area (Å²) in [5, 5.41) is 4.71. The van der Waals surface area contributed by atoms with E-state index in [1.807, 2.05) is 12.1 Å². The van der Waals surface area contributed by atoms with Crippen LogP contribution in [0.1, 0.15) is 13.8 Å². The number of hydrogen-bond acceptors (Lipinski definition) is 3. The zero-order chi connectivity index (χ0) is 15.1. The fourth-order valence-corrected chi connectivity index (χ4v) is 2.67. The van der Waals surface area contributed by atoms with Gasteiger partial charge in [0.05, 0.1) is 12.6 Å². The van der Waals surface area contributed by atoms with Crippen molar-refractivity contribution < 1.29 is 4.74 Å². The lowest BCUT2D eigenvalue weighted by Crippen LogP contribution is -2.33. The first-order valence-corrected chi connectivity index (χ1v) is 7.85. The number of likely N-dealkylation sites (N-methyl/N-ethyl adjacent to an activating group) is 1. The number of ether oxygens (including phenoxy) is 1. The number of fused-ring (bicyclic) bond motifs is 1. The van der Waals surface area contributed by atoms with E-state index in [4.69, 9.17) is 4.74 Å². The van der Waals surface area contributed by atoms with Gasteiger partial charge in [0.2, 0.25) is 0 Å². The van der Waals surface area contributed by atoms with E-state index in [0.29, 0.717) is 0 Å². The van der Waals surface area contributed by atoms with Crippen LogP contribution < -0.4 is 10.1 Å². The van der Waals surface area contributed by atoms with Crippen molar-refractivity contribution in [3.8, 4) is 5.75 Å². The Hall–Kier alpha value is -1.52. The summed E-state index contributed by atoms with van der Waals surface area (Å²) < 4.78 is 7.68. The van der Waals surface area contributed by atoms with Crippen LogP contribution in [0.15, 0.2) is 30.5 Å². The average Bonchev–Trinajstić information content (AvgIpc) is 2.94. The summed E-state index contributed by atoms with van der Waals surface area (Å²) in [6, 6.07) is 8.33. The predicted molar refractivity (Wildman–Crippen MR) is 89.1 cm³/mol. The smallest absolute Gasteiger partial charge is 0.128 e. The van der Waals surface area contributed by atoms with E-state index >= 15 is 0 Å². The van der Waals surface area contributed by atoms with E-state index in [1.54, 1.807) is 7.11 Å². The minimum absolute atomic E-state index is 0.945. The molecule has 0 bridgehead atoms. The summed E-state index contributed by atoms with van der Waals surface area (Å²) in [5.74, 6) is 0.945. The molecule has 1 heterocycles. The van der Waals surface area contributed by atoms with Gasteiger partial charge in [-0.3, -0.25) is 0 Å². The molecule has 0 radical (unpaired) electrons. The molecule has 0 saturated heterocycles. The van der Waals surface area contributed by atoms with Crippen molar-refractivity contribution in [1.82, 2.24) is 14.8 Å². The molecule has 2 aromatic rings. The minimum atomic E-state index is 0.945. The van der Waals surface area contributed by atoms with Crippen molar-refractivity contribution in [3.05, 3.63) is 30.5 Å². The molecular formula is C17H27N3O. The first-order chi connectivity index (χ1) is 10.3. The van der Waals surface area contributed by atoms with E-state index < -0.39 is 0 Å². The van der Waals surface area contributed by atoms with Crippen LogP contribution in [-0.2, 0) is 6.54 Å². The fourth-order valence-electron chi connectivity index (χ4n) is 2.67. The van der Waals surface area contributed by atoms with Crippen LogP contribution >= 0.6 is 0 Å². The van der Waals surface area contributed by atoms with Crippen LogP contribution in [0.25, 0.3) is 10.9 Å². The molecule has 0 atom stereocenters. The van der Waals surface area contributed by atoms with Crippen molar-refractivity contribution in [2.24, 2.45) is 0 Å². The van der Waals surface area contributed by atoms with Gasteiger partial charge >= 0.3 is 0 Å². The van der Waals surface area contributed by atoms with Crippen molar-refractivity contribution in [2.75, 3.05) is 39.8 Å². The lowest BCUT2D eigenvalue weighted by molar-refractivity contribution is 0.302. The maximum Gasteiger partial charge on any atom is 0.128 e. The highest BCUT2D eigenvalue weighted by atomic mass is 16.5. The Balaban J connectivity index is 1.84. The van der Waals surface area contributed by atoms with Gasteiger partial charge in [0, 0.05) is 37.8 Å². The van der Waals surface area contributed by atoms with Crippen LogP contribution in [-0.4, -0.2) is 49.3 Å². The van der Waals surface area contributed by atoms with E-state index in [2.05, 4.69) is 47.0 Å². The zero-order valence-electron chi connectivity index (χ0n) is 13.4. The van der Waals surface area contributed by atoms with Crippen LogP contribution in [0.3, 0.4) is 0 Å². The Morgan fingerprint density at radius 1 is 1.14 bits per heavy atom. The van der Waals surface area contributed by atoms with Gasteiger partial charge in [-0.15, -0.1) is 0 Å². The van der Waals surface area contributed by atoms with Gasteiger partial charge in [-0.2, -0.15) is 0 Å². The molecule has 0 saturated carbocycles. The molecule has 1 N–H and O–H groups in total. The third-order valence-electron chi connectivity index (χ3n) is 4.02. The van der Waals surface area contributed by atoms with E-state index in [1.165, 1.54) is 10.9 Å². The maximum atomic E-state index is 5.40. The highest BCUT2D eigenvalue weighted by molar-refractivity contribution is 5.86. The Kier molecular flexibility index (Phi) is 6.08. The molecular weight excluding hydrogens is 262 g/mol. The molecule has 4 heteroatoms. The topological polar surface area (TPSA) is 29.4 Å². The molecule has 0 aliphatic heterocycles. The third-order valence-corrected chi connectivity index (χ3v) is 4.02. The second-order valence-corrected chi connectivity index (χ2v) is 5.18. The normalized spacial score (nSPS) is 11.4. The summed E-state index contributed by atoms with van der Waals surface area (Å²) in [5.41, 5.74) is 1.24. The third kappa shape index (κ3) is 3.99. The lowest BCUT2D eigenvalue weighted by Gasteiger charge is -2.18. The molecule has 0 spiro atoms. The predicted octanol–water partition coefficient (Wildman–Crippen LogP) is 2.58. The highest BCUT2D eigenvalue weighted by Crippen LogP contribution is 2.25. The van der Waals surface area contributed by atoms with Crippen LogP contribution in [0.2, 0.25) is 0 Å². The highest BCUT2D eigenvalue weighted by Gasteiger charge is 2.05. The molecule has 0 aliphatic rings. The molecule has 0 amide bonds. The molecule has 4 nitrogen and oxygen atoms in total. The summed E-state index contributed by atoms with van der Waals surface area (Å²) in [7, 11) is 1.72. The molecule has 0 unspecified atom stereocenters. The van der Waals surface area contributed by atoms with E-state index in [9.17, 15) is 0 Å². The average molecular weight is 289 g/mol. The van der Waals surface area contributed by atoms with Crippen molar-refractivity contribution >= 4 is 10.9 Å². The summed E-state index contributed by atoms with van der Waals surface area (Å²) in [6.07, 6.45) is 2.14. The van der Waals surface area contributed by atoms with E-state index in [0.717, 1.165) is 45.0 Å². The van der Waals surface area contributed by atoms with Gasteiger partial charge in [0.25, 0.3) is 0 Å². The van der Waals surface area contributed by atoms with Gasteiger partial charge in [-0.05, 0) is 31.3 Å². The van der Waals surface area contributed by atoms with Gasteiger partial charge in [-0.1, -0.05) is 19.9 Å². The Labute approximate surface area is 127 Å². The van der Waals surface area contributed by atoms with Crippen molar-refractivity contribution in [1.29, 1.82) is 0 Å². The standard InChI is InChI=1S/C17H27N3O/c1-4-19(5-2)13-10-18-11-14-20-12-9-15-16(20)7-6-8-17(15)21-3/h6-9,12,18H,4-5,10-11,13-14H2,1-3H3. The van der Waals surface area contributed by atoms with Gasteiger partial charge < -0.3 is 19.5 Å². The molecule has 0 fully saturated rings. The van der Waals surface area contributed by atoms with Crippen LogP contribution in [0, 0.1) is 0 Å². The zero-order valence-corrected chi connectivity index (χ0v) is 13.4. The molecule has 1 aromatic heterocycles. The van der Waals surface area contributed by atoms with Gasteiger partial charge in [0.15, 0.2) is 0 Å². The minimum Gasteiger partial charge on any atom is -0.496 e. The van der Waals surface area contributed by atoms with Crippen molar-refractivity contribution in [2.45, 2.75) is 20.4 Å². The Bertz CT molecular complexity index is 546. The largest absolute Gasteiger partial charge is 0.496 e. The number of nitrogens with zero attached hydrogens (tertiary/aromatic N) is 2. The van der Waals surface area contributed by atoms with Crippen molar-refractivity contribution in [3.63, 3.8) is 0 Å². The van der Waals surface area contributed by atoms with E-state index in [-0.39, 0.29) is 0 Å². The monoisotopic (exact) mass is 289 g/mol. The molecule has 1 aromatic carbocycles. The number of rotatable bonds is 9. The van der Waals surface area contributed by atoms with Gasteiger partial charge in [-0.25, -0.2) is 0 Å². The van der Waals surface area contributed by atoms with Crippen LogP contribution in [0.5, 0.6) is 5.75 Å². The number of methoxy groups -OCH3 is 1. The molecule has 2 rings (SSSR count). The number of nitrogens with one attached hydrogen (secondary N) is 1. The first-order valence-electron chi connectivity index (χ1n) is 7.85. The van der Waals surface area contributed by atoms with Gasteiger partial charge in [0.1, 0.15) is 5.75 Å². The Morgan fingerprint density at radius 2 is 1.95 bits per heavy atom. The molecule has 0 aliphatic carbocycles. The van der Waals surface area contributed by atoms with Crippen LogP contribution in [0.4, 0.5) is 0 Å². The second-order valence-electron chi connectivity index (χ2n) is 5.18. The summed E-state index contributed by atoms with van der Waals surface area (Å²) in [4.78, 5) is 2.43.